The smallest absolute Gasteiger partial charge is 0.261 e. The molecule has 0 unspecified atom stereocenters. The van der Waals surface area contributed by atoms with E-state index in [0.29, 0.717) is 8.95 Å². The molecule has 0 radical (unpaired) electrons. The van der Waals surface area contributed by atoms with Crippen LogP contribution in [0.4, 0.5) is 0 Å². The van der Waals surface area contributed by atoms with E-state index in [2.05, 4.69) is 31.9 Å². The summed E-state index contributed by atoms with van der Waals surface area (Å²) in [5, 5.41) is 0. The first-order chi connectivity index (χ1) is 18.9. The molecule has 0 bridgehead atoms. The Balaban J connectivity index is 0.000000336. The molecule has 0 aliphatic carbocycles. The molecule has 0 fully saturated rings. The molecular weight excluding hydrogens is 706 g/mol. The van der Waals surface area contributed by atoms with E-state index in [9.17, 15) is 16.8 Å². The zero-order valence-electron chi connectivity index (χ0n) is 21.5. The molecule has 0 spiro atoms. The van der Waals surface area contributed by atoms with Crippen molar-refractivity contribution >= 4 is 61.6 Å². The molecule has 12 heteroatoms. The van der Waals surface area contributed by atoms with Gasteiger partial charge in [0.1, 0.15) is 11.5 Å². The molecule has 0 saturated carbocycles. The lowest BCUT2D eigenvalue weighted by atomic mass is 10.2. The molecule has 0 aromatic heterocycles. The molecule has 0 atom stereocenters. The predicted molar refractivity (Wildman–Crippen MR) is 164 cm³/mol. The highest BCUT2D eigenvalue weighted by Crippen LogP contribution is 2.25. The van der Waals surface area contributed by atoms with Crippen molar-refractivity contribution < 1.29 is 26.3 Å². The lowest BCUT2D eigenvalue weighted by Crippen LogP contribution is -2.30. The van der Waals surface area contributed by atoms with Gasteiger partial charge in [0.2, 0.25) is 10.0 Å². The molecule has 0 aliphatic heterocycles. The Kier molecular flexibility index (Phi) is 11.6. The first-order valence-electron chi connectivity index (χ1n) is 11.6. The van der Waals surface area contributed by atoms with Crippen LogP contribution < -0.4 is 9.47 Å². The summed E-state index contributed by atoms with van der Waals surface area (Å²) in [6.07, 6.45) is 0. The average Bonchev–Trinajstić information content (AvgIpc) is 2.93. The second-order valence-electron chi connectivity index (χ2n) is 8.32. The van der Waals surface area contributed by atoms with Crippen molar-refractivity contribution in [2.45, 2.75) is 22.9 Å². The Labute approximate surface area is 256 Å². The topological polar surface area (TPSA) is 90.0 Å². The Morgan fingerprint density at radius 2 is 1.05 bits per heavy atom. The molecule has 40 heavy (non-hydrogen) atoms. The van der Waals surface area contributed by atoms with Gasteiger partial charge >= 0.3 is 0 Å². The van der Waals surface area contributed by atoms with E-state index in [0.717, 1.165) is 22.6 Å². The van der Waals surface area contributed by atoms with E-state index < -0.39 is 19.1 Å². The molecule has 7 nitrogen and oxygen atoms in total. The number of ether oxygens (including phenoxy) is 2. The van der Waals surface area contributed by atoms with E-state index >= 15 is 0 Å². The highest BCUT2D eigenvalue weighted by molar-refractivity contribution is 9.10. The van der Waals surface area contributed by atoms with Crippen LogP contribution in [0.2, 0.25) is 0 Å². The van der Waals surface area contributed by atoms with Gasteiger partial charge in [0.25, 0.3) is 9.05 Å². The fourth-order valence-corrected chi connectivity index (χ4v) is 6.85. The minimum atomic E-state index is -3.71. The SMILES string of the molecule is COc1ccc(CN(Cc2ccc(OC)cc2)S(=O)(=O)c2cccc(Br)c2)cc1.O=S(=O)(Cl)c1cccc(Br)c1. The van der Waals surface area contributed by atoms with Crippen LogP contribution >= 0.6 is 42.5 Å². The van der Waals surface area contributed by atoms with Crippen LogP contribution in [0.1, 0.15) is 11.1 Å². The number of nitrogens with zero attached hydrogens (tertiary/aromatic N) is 1. The van der Waals surface area contributed by atoms with Gasteiger partial charge in [0, 0.05) is 32.7 Å². The van der Waals surface area contributed by atoms with E-state index in [-0.39, 0.29) is 22.9 Å². The fourth-order valence-electron chi connectivity index (χ4n) is 3.49. The Bertz CT molecular complexity index is 1580. The molecule has 0 aliphatic rings. The van der Waals surface area contributed by atoms with Gasteiger partial charge in [-0.2, -0.15) is 4.31 Å². The number of sulfonamides is 1. The van der Waals surface area contributed by atoms with Gasteiger partial charge < -0.3 is 9.47 Å². The van der Waals surface area contributed by atoms with Gasteiger partial charge in [-0.1, -0.05) is 68.3 Å². The summed E-state index contributed by atoms with van der Waals surface area (Å²) in [5.74, 6) is 1.45. The number of halogens is 3. The maximum Gasteiger partial charge on any atom is 0.261 e. The van der Waals surface area contributed by atoms with E-state index in [1.54, 1.807) is 50.6 Å². The number of methoxy groups -OCH3 is 2. The molecule has 0 saturated heterocycles. The summed E-state index contributed by atoms with van der Waals surface area (Å²) in [6, 6.07) is 27.8. The van der Waals surface area contributed by atoms with Gasteiger partial charge in [0.15, 0.2) is 0 Å². The maximum atomic E-state index is 13.4. The second-order valence-corrected chi connectivity index (χ2v) is 14.7. The van der Waals surface area contributed by atoms with Gasteiger partial charge in [-0.25, -0.2) is 16.8 Å². The maximum absolute atomic E-state index is 13.4. The van der Waals surface area contributed by atoms with Crippen molar-refractivity contribution in [1.29, 1.82) is 0 Å². The van der Waals surface area contributed by atoms with Crippen molar-refractivity contribution in [2.75, 3.05) is 14.2 Å². The van der Waals surface area contributed by atoms with Crippen LogP contribution in [-0.2, 0) is 32.2 Å². The van der Waals surface area contributed by atoms with Gasteiger partial charge in [-0.3, -0.25) is 0 Å². The molecule has 0 heterocycles. The molecule has 4 aromatic carbocycles. The van der Waals surface area contributed by atoms with Crippen LogP contribution in [0.3, 0.4) is 0 Å². The van der Waals surface area contributed by atoms with Crippen LogP contribution in [0.5, 0.6) is 11.5 Å². The van der Waals surface area contributed by atoms with Crippen LogP contribution in [0.15, 0.2) is 116 Å². The third-order valence-corrected chi connectivity index (χ3v) is 9.67. The summed E-state index contributed by atoms with van der Waals surface area (Å²) in [7, 11) is 0.988. The largest absolute Gasteiger partial charge is 0.497 e. The Hall–Kier alpha value is -2.41. The third-order valence-electron chi connectivity index (χ3n) is 5.55. The normalized spacial score (nSPS) is 11.4. The standard InChI is InChI=1S/C22H22BrNO4S.C6H4BrClO2S/c1-27-20-10-6-17(7-11-20)15-24(16-18-8-12-21(28-2)13-9-18)29(25,26)22-5-3-4-19(23)14-22;7-5-2-1-3-6(4-5)11(8,9)10/h3-14H,15-16H2,1-2H3;1-4H. The molecule has 212 valence electrons. The first kappa shape index (κ1) is 32.1. The van der Waals surface area contributed by atoms with Crippen molar-refractivity contribution in [3.05, 3.63) is 117 Å². The summed E-state index contributed by atoms with van der Waals surface area (Å²) >= 11 is 6.49. The monoisotopic (exact) mass is 729 g/mol. The molecule has 4 rings (SSSR count). The van der Waals surface area contributed by atoms with E-state index in [1.807, 2.05) is 48.5 Å². The number of rotatable bonds is 9. The molecule has 0 amide bonds. The van der Waals surface area contributed by atoms with Crippen LogP contribution in [0, 0.1) is 0 Å². The zero-order valence-corrected chi connectivity index (χ0v) is 27.1. The molecule has 0 N–H and O–H groups in total. The number of hydrogen-bond acceptors (Lipinski definition) is 6. The molecular formula is C28H26Br2ClNO6S2. The summed E-state index contributed by atoms with van der Waals surface area (Å²) in [4.78, 5) is 0.349. The van der Waals surface area contributed by atoms with Crippen LogP contribution in [-0.4, -0.2) is 35.4 Å². The van der Waals surface area contributed by atoms with Gasteiger partial charge in [0.05, 0.1) is 24.0 Å². The first-order valence-corrected chi connectivity index (χ1v) is 17.0. The van der Waals surface area contributed by atoms with Crippen LogP contribution in [0.25, 0.3) is 0 Å². The summed E-state index contributed by atoms with van der Waals surface area (Å²) < 4.78 is 61.5. The third kappa shape index (κ3) is 9.32. The lowest BCUT2D eigenvalue weighted by Gasteiger charge is -2.23. The highest BCUT2D eigenvalue weighted by atomic mass is 79.9. The number of hydrogen-bond donors (Lipinski definition) is 0. The lowest BCUT2D eigenvalue weighted by molar-refractivity contribution is 0.397. The summed E-state index contributed by atoms with van der Waals surface area (Å²) in [6.45, 7) is 0.482. The zero-order chi connectivity index (χ0) is 29.3. The van der Waals surface area contributed by atoms with Gasteiger partial charge in [-0.15, -0.1) is 0 Å². The minimum Gasteiger partial charge on any atom is -0.497 e. The second kappa shape index (κ2) is 14.5. The van der Waals surface area contributed by atoms with Gasteiger partial charge in [-0.05, 0) is 71.8 Å². The van der Waals surface area contributed by atoms with Crippen molar-refractivity contribution in [3.63, 3.8) is 0 Å². The predicted octanol–water partition coefficient (Wildman–Crippen LogP) is 7.23. The van der Waals surface area contributed by atoms with Crippen molar-refractivity contribution in [1.82, 2.24) is 4.31 Å². The summed E-state index contributed by atoms with van der Waals surface area (Å²) in [5.41, 5.74) is 1.75. The Morgan fingerprint density at radius 1 is 0.650 bits per heavy atom. The van der Waals surface area contributed by atoms with E-state index in [4.69, 9.17) is 20.2 Å². The minimum absolute atomic E-state index is 0.105. The fraction of sp³-hybridized carbons (Fsp3) is 0.143. The highest BCUT2D eigenvalue weighted by Gasteiger charge is 2.25. The molecule has 4 aromatic rings. The quantitative estimate of drug-likeness (QED) is 0.169. The van der Waals surface area contributed by atoms with Crippen molar-refractivity contribution in [2.24, 2.45) is 0 Å². The van der Waals surface area contributed by atoms with E-state index in [1.165, 1.54) is 16.4 Å². The average molecular weight is 732 g/mol. The number of benzene rings is 4. The van der Waals surface area contributed by atoms with Crippen molar-refractivity contribution in [3.8, 4) is 11.5 Å². The Morgan fingerprint density at radius 3 is 1.40 bits per heavy atom.